The molecule has 3 rings (SSSR count). The van der Waals surface area contributed by atoms with Crippen molar-refractivity contribution in [3.05, 3.63) is 48.2 Å². The summed E-state index contributed by atoms with van der Waals surface area (Å²) < 4.78 is 65.7. The van der Waals surface area contributed by atoms with Crippen LogP contribution in [0.4, 0.5) is 29.5 Å². The van der Waals surface area contributed by atoms with Crippen LogP contribution in [0.25, 0.3) is 0 Å². The molecule has 0 saturated carbocycles. The van der Waals surface area contributed by atoms with Crippen molar-refractivity contribution in [3.8, 4) is 5.75 Å². The summed E-state index contributed by atoms with van der Waals surface area (Å²) in [6, 6.07) is 6.54. The van der Waals surface area contributed by atoms with Gasteiger partial charge in [-0.05, 0) is 48.9 Å². The molecule has 1 fully saturated rings. The summed E-state index contributed by atoms with van der Waals surface area (Å²) in [4.78, 5) is 30.1. The highest BCUT2D eigenvalue weighted by molar-refractivity contribution is 7.92. The zero-order chi connectivity index (χ0) is 23.0. The van der Waals surface area contributed by atoms with Crippen molar-refractivity contribution in [3.63, 3.8) is 0 Å². The number of hydrogen-bond acceptors (Lipinski definition) is 6. The number of anilines is 2. The molecular weight excluding hydrogens is 441 g/mol. The minimum Gasteiger partial charge on any atom is -0.406 e. The van der Waals surface area contributed by atoms with E-state index in [1.165, 1.54) is 19.2 Å². The standard InChI is InChI=1S/C18H17F3N4O5S/c1-17(10-11-7-8-22-14(9-11)24-31(2,28)29)15(26)25(16(27)23-17)12-3-5-13(6-4-12)30-18(19,20)21/h3-9H,10H2,1-2H3,(H,22,24)(H,23,27). The van der Waals surface area contributed by atoms with Gasteiger partial charge in [0.25, 0.3) is 5.91 Å². The van der Waals surface area contributed by atoms with E-state index in [0.717, 1.165) is 35.4 Å². The van der Waals surface area contributed by atoms with Crippen LogP contribution in [-0.2, 0) is 21.2 Å². The second-order valence-corrected chi connectivity index (χ2v) is 8.79. The number of benzene rings is 1. The molecule has 0 bridgehead atoms. The average molecular weight is 458 g/mol. The molecule has 2 aromatic rings. The van der Waals surface area contributed by atoms with Crippen molar-refractivity contribution in [1.82, 2.24) is 10.3 Å². The molecule has 0 spiro atoms. The first-order valence-corrected chi connectivity index (χ1v) is 10.6. The molecule has 2 heterocycles. The third-order valence-electron chi connectivity index (χ3n) is 4.26. The van der Waals surface area contributed by atoms with Crippen LogP contribution in [0.15, 0.2) is 42.6 Å². The zero-order valence-electron chi connectivity index (χ0n) is 16.2. The minimum absolute atomic E-state index is 0.0182. The summed E-state index contributed by atoms with van der Waals surface area (Å²) in [5.41, 5.74) is -0.787. The summed E-state index contributed by atoms with van der Waals surface area (Å²) in [6.07, 6.45) is -2.53. The van der Waals surface area contributed by atoms with E-state index < -0.39 is 39.6 Å². The Hall–Kier alpha value is -3.35. The zero-order valence-corrected chi connectivity index (χ0v) is 17.0. The number of carbonyl (C=O) groups is 2. The monoisotopic (exact) mass is 458 g/mol. The van der Waals surface area contributed by atoms with E-state index in [0.29, 0.717) is 5.56 Å². The topological polar surface area (TPSA) is 118 Å². The van der Waals surface area contributed by atoms with Crippen LogP contribution in [0.3, 0.4) is 0 Å². The number of pyridine rings is 1. The number of nitrogens with zero attached hydrogens (tertiary/aromatic N) is 2. The fourth-order valence-electron chi connectivity index (χ4n) is 3.07. The van der Waals surface area contributed by atoms with Crippen LogP contribution in [-0.4, -0.2) is 43.5 Å². The smallest absolute Gasteiger partial charge is 0.406 e. The van der Waals surface area contributed by atoms with Crippen LogP contribution in [0.1, 0.15) is 12.5 Å². The van der Waals surface area contributed by atoms with Gasteiger partial charge in [0.1, 0.15) is 17.1 Å². The van der Waals surface area contributed by atoms with E-state index in [1.807, 2.05) is 0 Å². The maximum atomic E-state index is 13.0. The maximum Gasteiger partial charge on any atom is 0.573 e. The van der Waals surface area contributed by atoms with Gasteiger partial charge in [0.05, 0.1) is 11.9 Å². The Morgan fingerprint density at radius 3 is 2.42 bits per heavy atom. The normalized spacial score (nSPS) is 19.3. The Morgan fingerprint density at radius 1 is 1.19 bits per heavy atom. The van der Waals surface area contributed by atoms with Crippen LogP contribution >= 0.6 is 0 Å². The molecule has 3 amide bonds. The molecule has 31 heavy (non-hydrogen) atoms. The van der Waals surface area contributed by atoms with Crippen molar-refractivity contribution in [2.24, 2.45) is 0 Å². The van der Waals surface area contributed by atoms with Crippen molar-refractivity contribution in [1.29, 1.82) is 0 Å². The van der Waals surface area contributed by atoms with E-state index in [9.17, 15) is 31.2 Å². The van der Waals surface area contributed by atoms with Gasteiger partial charge in [-0.25, -0.2) is 23.1 Å². The van der Waals surface area contributed by atoms with E-state index in [1.54, 1.807) is 6.07 Å². The lowest BCUT2D eigenvalue weighted by Crippen LogP contribution is -2.46. The Bertz CT molecular complexity index is 1120. The van der Waals surface area contributed by atoms with Crippen LogP contribution in [0.5, 0.6) is 5.75 Å². The SMILES string of the molecule is CC1(Cc2ccnc(NS(C)(=O)=O)c2)NC(=O)N(c2ccc(OC(F)(F)F)cc2)C1=O. The quantitative estimate of drug-likeness (QED) is 0.642. The second kappa shape index (κ2) is 7.72. The molecule has 1 saturated heterocycles. The summed E-state index contributed by atoms with van der Waals surface area (Å²) >= 11 is 0. The highest BCUT2D eigenvalue weighted by atomic mass is 32.2. The van der Waals surface area contributed by atoms with Crippen LogP contribution in [0, 0.1) is 0 Å². The predicted molar refractivity (Wildman–Crippen MR) is 104 cm³/mol. The van der Waals surface area contributed by atoms with Gasteiger partial charge in [-0.3, -0.25) is 9.52 Å². The average Bonchev–Trinajstić information content (AvgIpc) is 2.82. The number of sulfonamides is 1. The number of alkyl halides is 3. The van der Waals surface area contributed by atoms with Gasteiger partial charge in [0.15, 0.2) is 0 Å². The number of nitrogens with one attached hydrogen (secondary N) is 2. The number of ether oxygens (including phenoxy) is 1. The summed E-state index contributed by atoms with van der Waals surface area (Å²) in [7, 11) is -3.55. The van der Waals surface area contributed by atoms with Crippen molar-refractivity contribution in [2.75, 3.05) is 15.9 Å². The number of urea groups is 1. The summed E-state index contributed by atoms with van der Waals surface area (Å²) in [5.74, 6) is -1.07. The summed E-state index contributed by atoms with van der Waals surface area (Å²) in [6.45, 7) is 1.48. The Balaban J connectivity index is 1.80. The molecule has 9 nitrogen and oxygen atoms in total. The molecular formula is C18H17F3N4O5S. The van der Waals surface area contributed by atoms with Crippen molar-refractivity contribution in [2.45, 2.75) is 25.2 Å². The van der Waals surface area contributed by atoms with E-state index in [2.05, 4.69) is 19.8 Å². The minimum atomic E-state index is -4.86. The summed E-state index contributed by atoms with van der Waals surface area (Å²) in [5, 5.41) is 2.56. The first-order valence-electron chi connectivity index (χ1n) is 8.71. The number of aromatic nitrogens is 1. The molecule has 0 aliphatic carbocycles. The Labute approximate surface area is 175 Å². The van der Waals surface area contributed by atoms with Gasteiger partial charge in [0, 0.05) is 12.6 Å². The van der Waals surface area contributed by atoms with E-state index in [-0.39, 0.29) is 17.9 Å². The van der Waals surface area contributed by atoms with Gasteiger partial charge in [-0.15, -0.1) is 13.2 Å². The number of hydrogen-bond donors (Lipinski definition) is 2. The molecule has 1 atom stereocenters. The molecule has 166 valence electrons. The largest absolute Gasteiger partial charge is 0.573 e. The fourth-order valence-corrected chi connectivity index (χ4v) is 3.57. The molecule has 2 N–H and O–H groups in total. The lowest BCUT2D eigenvalue weighted by molar-refractivity contribution is -0.274. The highest BCUT2D eigenvalue weighted by Crippen LogP contribution is 2.30. The van der Waals surface area contributed by atoms with Gasteiger partial charge in [-0.2, -0.15) is 0 Å². The van der Waals surface area contributed by atoms with Crippen molar-refractivity contribution >= 4 is 33.5 Å². The second-order valence-electron chi connectivity index (χ2n) is 7.04. The van der Waals surface area contributed by atoms with Gasteiger partial charge in [-0.1, -0.05) is 0 Å². The molecule has 0 radical (unpaired) electrons. The highest BCUT2D eigenvalue weighted by Gasteiger charge is 2.48. The number of imide groups is 1. The molecule has 13 heteroatoms. The third-order valence-corrected chi connectivity index (χ3v) is 4.84. The molecule has 1 aliphatic rings. The Morgan fingerprint density at radius 2 is 1.84 bits per heavy atom. The molecule has 1 aromatic carbocycles. The van der Waals surface area contributed by atoms with E-state index in [4.69, 9.17) is 0 Å². The third kappa shape index (κ3) is 5.42. The number of carbonyl (C=O) groups excluding carboxylic acids is 2. The lowest BCUT2D eigenvalue weighted by atomic mass is 9.93. The van der Waals surface area contributed by atoms with Gasteiger partial charge >= 0.3 is 12.4 Å². The number of halogens is 3. The van der Waals surface area contributed by atoms with Crippen molar-refractivity contribution < 1.29 is 35.9 Å². The first-order chi connectivity index (χ1) is 14.3. The Kier molecular flexibility index (Phi) is 5.56. The predicted octanol–water partition coefficient (Wildman–Crippen LogP) is 2.41. The first kappa shape index (κ1) is 22.3. The molecule has 1 unspecified atom stereocenters. The lowest BCUT2D eigenvalue weighted by Gasteiger charge is -2.22. The number of amides is 3. The number of rotatable bonds is 6. The van der Waals surface area contributed by atoms with E-state index >= 15 is 0 Å². The molecule has 1 aromatic heterocycles. The maximum absolute atomic E-state index is 13.0. The van der Waals surface area contributed by atoms with Crippen LogP contribution in [0.2, 0.25) is 0 Å². The fraction of sp³-hybridized carbons (Fsp3) is 0.278. The van der Waals surface area contributed by atoms with Crippen LogP contribution < -0.4 is 19.7 Å². The van der Waals surface area contributed by atoms with Gasteiger partial charge < -0.3 is 10.1 Å². The molecule has 1 aliphatic heterocycles. The van der Waals surface area contributed by atoms with Gasteiger partial charge in [0.2, 0.25) is 10.0 Å².